The number of carbonyl (C=O) groups is 1. The van der Waals surface area contributed by atoms with E-state index in [-0.39, 0.29) is 6.09 Å². The van der Waals surface area contributed by atoms with Gasteiger partial charge in [-0.3, -0.25) is 0 Å². The standard InChI is InChI=1S/C21H30N2O4/c1-20(2,3)27-19(24)22-12-8-11-21(4,25)18-16(13-22)15-9-6-7-10-17(15)23(18)14-26-5/h6-7,9-10,25H,8,11-14H2,1-5H3. The molecule has 0 bridgehead atoms. The van der Waals surface area contributed by atoms with E-state index in [1.165, 1.54) is 0 Å². The molecule has 1 aromatic heterocycles. The van der Waals surface area contributed by atoms with E-state index in [1.807, 2.05) is 56.5 Å². The number of ether oxygens (including phenoxy) is 2. The van der Waals surface area contributed by atoms with Crippen LogP contribution in [0.2, 0.25) is 0 Å². The van der Waals surface area contributed by atoms with Gasteiger partial charge in [-0.1, -0.05) is 18.2 Å². The van der Waals surface area contributed by atoms with E-state index in [4.69, 9.17) is 9.47 Å². The van der Waals surface area contributed by atoms with E-state index < -0.39 is 11.2 Å². The predicted molar refractivity (Wildman–Crippen MR) is 104 cm³/mol. The van der Waals surface area contributed by atoms with Crippen molar-refractivity contribution in [1.29, 1.82) is 0 Å². The molecule has 0 radical (unpaired) electrons. The summed E-state index contributed by atoms with van der Waals surface area (Å²) in [6.45, 7) is 8.76. The number of hydrogen-bond donors (Lipinski definition) is 1. The van der Waals surface area contributed by atoms with E-state index in [0.29, 0.717) is 32.7 Å². The van der Waals surface area contributed by atoms with Gasteiger partial charge in [-0.15, -0.1) is 0 Å². The highest BCUT2D eigenvalue weighted by Crippen LogP contribution is 2.38. The first-order valence-corrected chi connectivity index (χ1v) is 9.44. The van der Waals surface area contributed by atoms with Crippen molar-refractivity contribution in [1.82, 2.24) is 9.47 Å². The first-order chi connectivity index (χ1) is 12.6. The molecular weight excluding hydrogens is 344 g/mol. The second-order valence-corrected chi connectivity index (χ2v) is 8.47. The quantitative estimate of drug-likeness (QED) is 0.863. The summed E-state index contributed by atoms with van der Waals surface area (Å²) in [6, 6.07) is 8.01. The summed E-state index contributed by atoms with van der Waals surface area (Å²) in [5, 5.41) is 12.3. The van der Waals surface area contributed by atoms with Gasteiger partial charge in [0, 0.05) is 24.6 Å². The normalized spacial score (nSPS) is 20.9. The number of benzene rings is 1. The highest BCUT2D eigenvalue weighted by Gasteiger charge is 2.36. The summed E-state index contributed by atoms with van der Waals surface area (Å²) in [4.78, 5) is 14.5. The van der Waals surface area contributed by atoms with Gasteiger partial charge in [0.2, 0.25) is 0 Å². The summed E-state index contributed by atoms with van der Waals surface area (Å²) in [5.41, 5.74) is 1.23. The molecule has 0 saturated carbocycles. The Morgan fingerprint density at radius 2 is 2.00 bits per heavy atom. The van der Waals surface area contributed by atoms with Gasteiger partial charge < -0.3 is 24.0 Å². The van der Waals surface area contributed by atoms with Gasteiger partial charge in [-0.25, -0.2) is 4.79 Å². The Balaban J connectivity index is 2.12. The average molecular weight is 374 g/mol. The predicted octanol–water partition coefficient (Wildman–Crippen LogP) is 3.98. The second-order valence-electron chi connectivity index (χ2n) is 8.47. The maximum absolute atomic E-state index is 12.7. The molecule has 3 rings (SSSR count). The minimum Gasteiger partial charge on any atom is -0.444 e. The number of aromatic nitrogens is 1. The maximum Gasteiger partial charge on any atom is 0.410 e. The van der Waals surface area contributed by atoms with Crippen molar-refractivity contribution in [2.75, 3.05) is 13.7 Å². The Hall–Kier alpha value is -2.05. The van der Waals surface area contributed by atoms with Gasteiger partial charge in [0.15, 0.2) is 0 Å². The van der Waals surface area contributed by atoms with Crippen LogP contribution < -0.4 is 0 Å². The molecule has 1 N–H and O–H groups in total. The van der Waals surface area contributed by atoms with Crippen molar-refractivity contribution >= 4 is 17.0 Å². The van der Waals surface area contributed by atoms with Crippen molar-refractivity contribution in [3.05, 3.63) is 35.5 Å². The SMILES string of the molecule is COCn1c2c(c3ccccc31)CN(C(=O)OC(C)(C)C)CCCC2(C)O. The van der Waals surface area contributed by atoms with Crippen LogP contribution in [0.3, 0.4) is 0 Å². The molecule has 1 atom stereocenters. The van der Waals surface area contributed by atoms with Crippen LogP contribution >= 0.6 is 0 Å². The molecule has 2 aromatic rings. The van der Waals surface area contributed by atoms with Crippen LogP contribution in [-0.4, -0.2) is 39.9 Å². The van der Waals surface area contributed by atoms with Crippen molar-refractivity contribution < 1.29 is 19.4 Å². The molecule has 0 spiro atoms. The third-order valence-corrected chi connectivity index (χ3v) is 4.94. The van der Waals surface area contributed by atoms with Gasteiger partial charge in [-0.05, 0) is 46.6 Å². The van der Waals surface area contributed by atoms with E-state index >= 15 is 0 Å². The third kappa shape index (κ3) is 3.96. The fourth-order valence-electron chi connectivity index (χ4n) is 3.90. The number of carbonyl (C=O) groups excluding carboxylic acids is 1. The van der Waals surface area contributed by atoms with Gasteiger partial charge in [0.05, 0.1) is 17.8 Å². The number of methoxy groups -OCH3 is 1. The van der Waals surface area contributed by atoms with Crippen LogP contribution in [0.1, 0.15) is 51.8 Å². The van der Waals surface area contributed by atoms with Crippen LogP contribution in [0, 0.1) is 0 Å². The van der Waals surface area contributed by atoms with E-state index in [0.717, 1.165) is 22.2 Å². The lowest BCUT2D eigenvalue weighted by molar-refractivity contribution is 0.00612. The molecule has 6 heteroatoms. The highest BCUT2D eigenvalue weighted by atomic mass is 16.6. The van der Waals surface area contributed by atoms with Crippen LogP contribution in [0.5, 0.6) is 0 Å². The Morgan fingerprint density at radius 1 is 1.30 bits per heavy atom. The van der Waals surface area contributed by atoms with Crippen LogP contribution in [0.15, 0.2) is 24.3 Å². The van der Waals surface area contributed by atoms with E-state index in [2.05, 4.69) is 0 Å². The van der Waals surface area contributed by atoms with E-state index in [9.17, 15) is 9.90 Å². The van der Waals surface area contributed by atoms with E-state index in [1.54, 1.807) is 12.0 Å². The number of hydrogen-bond acceptors (Lipinski definition) is 4. The molecule has 1 amide bonds. The fraction of sp³-hybridized carbons (Fsp3) is 0.571. The molecule has 1 aromatic carbocycles. The second kappa shape index (κ2) is 7.17. The molecular formula is C21H30N2O4. The van der Waals surface area contributed by atoms with Crippen molar-refractivity contribution in [3.8, 4) is 0 Å². The van der Waals surface area contributed by atoms with Gasteiger partial charge in [-0.2, -0.15) is 0 Å². The molecule has 148 valence electrons. The average Bonchev–Trinajstić information content (AvgIpc) is 2.86. The van der Waals surface area contributed by atoms with Crippen LogP contribution in [0.25, 0.3) is 10.9 Å². The minimum atomic E-state index is -0.993. The maximum atomic E-state index is 12.7. The first-order valence-electron chi connectivity index (χ1n) is 9.44. The lowest BCUT2D eigenvalue weighted by Crippen LogP contribution is -2.40. The molecule has 1 unspecified atom stereocenters. The summed E-state index contributed by atoms with van der Waals surface area (Å²) in [6.07, 6.45) is 0.929. The molecule has 27 heavy (non-hydrogen) atoms. The Morgan fingerprint density at radius 3 is 2.67 bits per heavy atom. The van der Waals surface area contributed by atoms with Crippen molar-refractivity contribution in [3.63, 3.8) is 0 Å². The molecule has 0 fully saturated rings. The number of rotatable bonds is 2. The monoisotopic (exact) mass is 374 g/mol. The molecule has 6 nitrogen and oxygen atoms in total. The van der Waals surface area contributed by atoms with Crippen molar-refractivity contribution in [2.45, 2.75) is 65.0 Å². The first kappa shape index (κ1) is 19.7. The number of aliphatic hydroxyl groups is 1. The summed E-state index contributed by atoms with van der Waals surface area (Å²) in [5.74, 6) is 0. The van der Waals surface area contributed by atoms with Crippen molar-refractivity contribution in [2.24, 2.45) is 0 Å². The lowest BCUT2D eigenvalue weighted by atomic mass is 9.90. The van der Waals surface area contributed by atoms with Gasteiger partial charge >= 0.3 is 6.09 Å². The smallest absolute Gasteiger partial charge is 0.410 e. The zero-order chi connectivity index (χ0) is 19.8. The fourth-order valence-corrected chi connectivity index (χ4v) is 3.90. The summed E-state index contributed by atoms with van der Waals surface area (Å²) in [7, 11) is 1.64. The molecule has 0 aliphatic carbocycles. The Kier molecular flexibility index (Phi) is 5.23. The number of para-hydroxylation sites is 1. The van der Waals surface area contributed by atoms with Gasteiger partial charge in [0.25, 0.3) is 0 Å². The Bertz CT molecular complexity index is 833. The number of fused-ring (bicyclic) bond motifs is 3. The molecule has 1 aliphatic heterocycles. The number of amides is 1. The van der Waals surface area contributed by atoms with Crippen LogP contribution in [-0.2, 0) is 28.4 Å². The molecule has 1 aliphatic rings. The topological polar surface area (TPSA) is 63.9 Å². The zero-order valence-electron chi connectivity index (χ0n) is 16.9. The number of nitrogens with zero attached hydrogens (tertiary/aromatic N) is 2. The zero-order valence-corrected chi connectivity index (χ0v) is 16.9. The molecule has 0 saturated heterocycles. The van der Waals surface area contributed by atoms with Crippen LogP contribution in [0.4, 0.5) is 4.79 Å². The third-order valence-electron chi connectivity index (χ3n) is 4.94. The highest BCUT2D eigenvalue weighted by molar-refractivity contribution is 5.86. The Labute approximate surface area is 160 Å². The minimum absolute atomic E-state index is 0.321. The largest absolute Gasteiger partial charge is 0.444 e. The lowest BCUT2D eigenvalue weighted by Gasteiger charge is -2.34. The summed E-state index contributed by atoms with van der Waals surface area (Å²) < 4.78 is 13.0. The molecule has 2 heterocycles. The van der Waals surface area contributed by atoms with Gasteiger partial charge in [0.1, 0.15) is 17.9 Å². The summed E-state index contributed by atoms with van der Waals surface area (Å²) >= 11 is 0.